The third kappa shape index (κ3) is 4.06. The molecule has 1 fully saturated rings. The minimum absolute atomic E-state index is 0.0213. The molecule has 2 heterocycles. The lowest BCUT2D eigenvalue weighted by Crippen LogP contribution is -2.45. The average molecular weight is 387 g/mol. The Labute approximate surface area is 164 Å². The van der Waals surface area contributed by atoms with Crippen LogP contribution < -0.4 is 0 Å². The van der Waals surface area contributed by atoms with E-state index in [1.165, 1.54) is 12.1 Å². The van der Waals surface area contributed by atoms with Gasteiger partial charge in [0.1, 0.15) is 0 Å². The Balaban J connectivity index is 1.48. The summed E-state index contributed by atoms with van der Waals surface area (Å²) in [5.74, 6) is -2.26. The van der Waals surface area contributed by atoms with Crippen molar-refractivity contribution in [3.05, 3.63) is 35.4 Å². The molecule has 3 rings (SSSR count). The fourth-order valence-corrected chi connectivity index (χ4v) is 3.61. The van der Waals surface area contributed by atoms with E-state index in [0.29, 0.717) is 5.06 Å². The number of amides is 3. The normalized spacial score (nSPS) is 17.6. The van der Waals surface area contributed by atoms with E-state index < -0.39 is 17.8 Å². The van der Waals surface area contributed by atoms with Gasteiger partial charge in [-0.25, -0.2) is 4.79 Å². The van der Waals surface area contributed by atoms with Crippen molar-refractivity contribution in [2.45, 2.75) is 38.6 Å². The third-order valence-corrected chi connectivity index (χ3v) is 5.44. The molecular weight excluding hydrogens is 362 g/mol. The molecule has 0 N–H and O–H groups in total. The first-order valence-electron chi connectivity index (χ1n) is 9.59. The maximum Gasteiger partial charge on any atom is 0.333 e. The molecule has 28 heavy (non-hydrogen) atoms. The number of fused-ring (bicyclic) bond motifs is 1. The number of likely N-dealkylation sites (tertiary alicyclic amines) is 1. The summed E-state index contributed by atoms with van der Waals surface area (Å²) >= 11 is 0. The van der Waals surface area contributed by atoms with E-state index in [0.717, 1.165) is 32.5 Å². The molecular formula is C20H25N3O5. The zero-order valence-electron chi connectivity index (χ0n) is 16.2. The Hall–Kier alpha value is -2.74. The zero-order chi connectivity index (χ0) is 20.3. The van der Waals surface area contributed by atoms with Gasteiger partial charge in [-0.05, 0) is 31.5 Å². The van der Waals surface area contributed by atoms with Crippen molar-refractivity contribution in [1.82, 2.24) is 14.9 Å². The van der Waals surface area contributed by atoms with Crippen LogP contribution in [-0.2, 0) is 14.4 Å². The first kappa shape index (κ1) is 20.0. The molecule has 0 bridgehead atoms. The van der Waals surface area contributed by atoms with E-state index in [2.05, 4.69) is 11.8 Å². The lowest BCUT2D eigenvalue weighted by Gasteiger charge is -2.36. The predicted octanol–water partition coefficient (Wildman–Crippen LogP) is 1.46. The van der Waals surface area contributed by atoms with Crippen LogP contribution >= 0.6 is 0 Å². The molecule has 0 atom stereocenters. The molecule has 0 saturated carbocycles. The Morgan fingerprint density at radius 3 is 2.18 bits per heavy atom. The summed E-state index contributed by atoms with van der Waals surface area (Å²) in [7, 11) is 1.75. The van der Waals surface area contributed by atoms with Crippen LogP contribution in [0, 0.1) is 0 Å². The molecule has 150 valence electrons. The van der Waals surface area contributed by atoms with Crippen LogP contribution in [0.2, 0.25) is 0 Å². The topological polar surface area (TPSA) is 87.2 Å². The molecule has 0 radical (unpaired) electrons. The Morgan fingerprint density at radius 1 is 1.07 bits per heavy atom. The maximum atomic E-state index is 12.4. The highest BCUT2D eigenvalue weighted by Gasteiger charge is 2.38. The summed E-state index contributed by atoms with van der Waals surface area (Å²) in [5.41, 5.74) is 0.407. The lowest BCUT2D eigenvalue weighted by molar-refractivity contribution is -0.169. The number of nitrogens with zero attached hydrogens (tertiary/aromatic N) is 3. The van der Waals surface area contributed by atoms with Crippen molar-refractivity contribution >= 4 is 23.7 Å². The van der Waals surface area contributed by atoms with Crippen LogP contribution in [0.25, 0.3) is 0 Å². The first-order chi connectivity index (χ1) is 13.4. The van der Waals surface area contributed by atoms with Crippen molar-refractivity contribution in [1.29, 1.82) is 0 Å². The molecule has 2 aliphatic rings. The molecule has 1 aromatic carbocycles. The summed E-state index contributed by atoms with van der Waals surface area (Å²) in [4.78, 5) is 57.8. The molecule has 0 aliphatic carbocycles. The van der Waals surface area contributed by atoms with Gasteiger partial charge >= 0.3 is 5.97 Å². The maximum absolute atomic E-state index is 12.4. The molecule has 2 aliphatic heterocycles. The van der Waals surface area contributed by atoms with Gasteiger partial charge in [0.2, 0.25) is 5.91 Å². The standard InChI is InChI=1S/C20H25N3O5/c1-3-22-12-10-14(11-13-22)21(2)17(24)8-9-18(25)28-23-19(26)15-6-4-5-7-16(15)20(23)27/h4-7,14H,3,8-13H2,1-2H3. The Bertz CT molecular complexity index is 751. The monoisotopic (exact) mass is 387 g/mol. The van der Waals surface area contributed by atoms with Gasteiger partial charge in [0.15, 0.2) is 0 Å². The summed E-state index contributed by atoms with van der Waals surface area (Å²) in [6.07, 6.45) is 1.61. The molecule has 0 unspecified atom stereocenters. The van der Waals surface area contributed by atoms with Gasteiger partial charge in [0.05, 0.1) is 17.5 Å². The van der Waals surface area contributed by atoms with E-state index >= 15 is 0 Å². The largest absolute Gasteiger partial charge is 0.343 e. The highest BCUT2D eigenvalue weighted by molar-refractivity contribution is 6.20. The van der Waals surface area contributed by atoms with Gasteiger partial charge in [0.25, 0.3) is 11.8 Å². The minimum atomic E-state index is -0.781. The Morgan fingerprint density at radius 2 is 1.64 bits per heavy atom. The number of benzene rings is 1. The summed E-state index contributed by atoms with van der Waals surface area (Å²) in [5, 5.41) is 0.474. The van der Waals surface area contributed by atoms with Crippen molar-refractivity contribution in [3.63, 3.8) is 0 Å². The number of rotatable bonds is 6. The minimum Gasteiger partial charge on any atom is -0.343 e. The molecule has 8 heteroatoms. The average Bonchev–Trinajstić information content (AvgIpc) is 2.96. The summed E-state index contributed by atoms with van der Waals surface area (Å²) < 4.78 is 0. The second kappa shape index (κ2) is 8.52. The Kier molecular flexibility index (Phi) is 6.08. The third-order valence-electron chi connectivity index (χ3n) is 5.44. The number of hydrogen-bond acceptors (Lipinski definition) is 6. The second-order valence-electron chi connectivity index (χ2n) is 7.08. The van der Waals surface area contributed by atoms with Crippen molar-refractivity contribution in [2.75, 3.05) is 26.7 Å². The molecule has 0 spiro atoms. The van der Waals surface area contributed by atoms with Crippen molar-refractivity contribution in [3.8, 4) is 0 Å². The fourth-order valence-electron chi connectivity index (χ4n) is 3.61. The molecule has 1 aromatic rings. The van der Waals surface area contributed by atoms with Crippen LogP contribution in [0.1, 0.15) is 53.3 Å². The highest BCUT2D eigenvalue weighted by Crippen LogP contribution is 2.23. The number of carbonyl (C=O) groups excluding carboxylic acids is 4. The molecule has 1 saturated heterocycles. The lowest BCUT2D eigenvalue weighted by atomic mass is 10.0. The SMILES string of the molecule is CCN1CCC(N(C)C(=O)CCC(=O)ON2C(=O)c3ccccc3C2=O)CC1. The number of piperidine rings is 1. The molecule has 0 aromatic heterocycles. The van der Waals surface area contributed by atoms with Gasteiger partial charge in [-0.1, -0.05) is 24.1 Å². The van der Waals surface area contributed by atoms with Gasteiger partial charge in [-0.3, -0.25) is 14.4 Å². The number of carbonyl (C=O) groups is 4. The van der Waals surface area contributed by atoms with Crippen LogP contribution in [0.15, 0.2) is 24.3 Å². The second-order valence-corrected chi connectivity index (χ2v) is 7.08. The highest BCUT2D eigenvalue weighted by atomic mass is 16.7. The van der Waals surface area contributed by atoms with Gasteiger partial charge in [-0.15, -0.1) is 0 Å². The van der Waals surface area contributed by atoms with Crippen molar-refractivity contribution < 1.29 is 24.0 Å². The van der Waals surface area contributed by atoms with Gasteiger partial charge in [0, 0.05) is 32.6 Å². The van der Waals surface area contributed by atoms with Gasteiger partial charge in [-0.2, -0.15) is 0 Å². The van der Waals surface area contributed by atoms with Crippen LogP contribution in [0.4, 0.5) is 0 Å². The number of hydroxylamine groups is 2. The van der Waals surface area contributed by atoms with Crippen LogP contribution in [0.3, 0.4) is 0 Å². The molecule has 8 nitrogen and oxygen atoms in total. The van der Waals surface area contributed by atoms with E-state index in [-0.39, 0.29) is 35.9 Å². The van der Waals surface area contributed by atoms with Crippen molar-refractivity contribution in [2.24, 2.45) is 0 Å². The van der Waals surface area contributed by atoms with Crippen LogP contribution in [0.5, 0.6) is 0 Å². The van der Waals surface area contributed by atoms with Gasteiger partial charge < -0.3 is 14.6 Å². The quantitative estimate of drug-likeness (QED) is 0.687. The van der Waals surface area contributed by atoms with E-state index in [9.17, 15) is 19.2 Å². The molecule has 3 amide bonds. The summed E-state index contributed by atoms with van der Waals surface area (Å²) in [6.45, 7) is 5.05. The van der Waals surface area contributed by atoms with E-state index in [4.69, 9.17) is 4.84 Å². The van der Waals surface area contributed by atoms with E-state index in [1.807, 2.05) is 0 Å². The fraction of sp³-hybridized carbons (Fsp3) is 0.500. The number of hydrogen-bond donors (Lipinski definition) is 0. The first-order valence-corrected chi connectivity index (χ1v) is 9.59. The smallest absolute Gasteiger partial charge is 0.333 e. The summed E-state index contributed by atoms with van der Waals surface area (Å²) in [6, 6.07) is 6.45. The van der Waals surface area contributed by atoms with Crippen LogP contribution in [-0.4, -0.2) is 71.3 Å². The predicted molar refractivity (Wildman–Crippen MR) is 100 cm³/mol. The van der Waals surface area contributed by atoms with E-state index in [1.54, 1.807) is 24.1 Å². The number of imide groups is 1. The zero-order valence-corrected chi connectivity index (χ0v) is 16.2.